The van der Waals surface area contributed by atoms with Gasteiger partial charge in [0.15, 0.2) is 23.0 Å². The van der Waals surface area contributed by atoms with E-state index < -0.39 is 23.7 Å². The van der Waals surface area contributed by atoms with Crippen LogP contribution in [0.15, 0.2) is 24.3 Å². The molecule has 9 heteroatoms. The summed E-state index contributed by atoms with van der Waals surface area (Å²) in [5, 5.41) is 0. The lowest BCUT2D eigenvalue weighted by molar-refractivity contribution is -0.147. The molecule has 0 bridgehead atoms. The first-order chi connectivity index (χ1) is 16.5. The first-order valence-electron chi connectivity index (χ1n) is 11.1. The molecule has 0 saturated carbocycles. The van der Waals surface area contributed by atoms with Gasteiger partial charge in [0.25, 0.3) is 0 Å². The first-order valence-corrected chi connectivity index (χ1v) is 11.1. The number of benzene rings is 2. The Balaban J connectivity index is 1.75. The van der Waals surface area contributed by atoms with E-state index in [0.717, 1.165) is 16.7 Å². The molecule has 180 valence electrons. The summed E-state index contributed by atoms with van der Waals surface area (Å²) in [5.41, 5.74) is 2.28. The zero-order valence-electron chi connectivity index (χ0n) is 19.4. The minimum atomic E-state index is -0.667. The maximum absolute atomic E-state index is 13.1. The van der Waals surface area contributed by atoms with Gasteiger partial charge in [-0.1, -0.05) is 0 Å². The summed E-state index contributed by atoms with van der Waals surface area (Å²) in [5.74, 6) is -0.365. The van der Waals surface area contributed by atoms with E-state index in [1.165, 1.54) is 21.3 Å². The maximum Gasteiger partial charge on any atom is 0.313 e. The molecular formula is C25H26O9. The summed E-state index contributed by atoms with van der Waals surface area (Å²) in [4.78, 5) is 26.2. The Hall–Kier alpha value is -3.62. The highest BCUT2D eigenvalue weighted by Crippen LogP contribution is 2.56. The van der Waals surface area contributed by atoms with Gasteiger partial charge in [-0.2, -0.15) is 0 Å². The van der Waals surface area contributed by atoms with E-state index in [0.29, 0.717) is 28.7 Å². The molecule has 4 atom stereocenters. The van der Waals surface area contributed by atoms with Crippen LogP contribution in [-0.4, -0.2) is 53.3 Å². The van der Waals surface area contributed by atoms with E-state index in [1.54, 1.807) is 6.92 Å². The number of esters is 2. The Bertz CT molecular complexity index is 1120. The van der Waals surface area contributed by atoms with Crippen molar-refractivity contribution in [1.29, 1.82) is 0 Å². The monoisotopic (exact) mass is 470 g/mol. The normalized spacial score (nSPS) is 24.1. The number of cyclic esters (lactones) is 1. The van der Waals surface area contributed by atoms with Crippen molar-refractivity contribution in [3.05, 3.63) is 41.0 Å². The lowest BCUT2D eigenvalue weighted by Crippen LogP contribution is -2.38. The molecule has 2 aliphatic heterocycles. The molecule has 2 heterocycles. The van der Waals surface area contributed by atoms with E-state index in [-0.39, 0.29) is 31.9 Å². The average Bonchev–Trinajstić information content (AvgIpc) is 3.46. The first kappa shape index (κ1) is 22.2. The van der Waals surface area contributed by atoms with Gasteiger partial charge in [0.1, 0.15) is 0 Å². The minimum absolute atomic E-state index is 0.0893. The molecule has 2 aromatic carbocycles. The van der Waals surface area contributed by atoms with Gasteiger partial charge in [-0.05, 0) is 47.9 Å². The molecular weight excluding hydrogens is 444 g/mol. The highest BCUT2D eigenvalue weighted by molar-refractivity contribution is 5.86. The van der Waals surface area contributed by atoms with Gasteiger partial charge in [-0.3, -0.25) is 9.59 Å². The zero-order valence-corrected chi connectivity index (χ0v) is 19.4. The summed E-state index contributed by atoms with van der Waals surface area (Å²) in [7, 11) is 4.61. The van der Waals surface area contributed by atoms with Crippen molar-refractivity contribution in [3.8, 4) is 28.7 Å². The van der Waals surface area contributed by atoms with Crippen molar-refractivity contribution < 1.29 is 42.7 Å². The third-order valence-electron chi connectivity index (χ3n) is 6.77. The molecule has 9 nitrogen and oxygen atoms in total. The maximum atomic E-state index is 13.1. The number of rotatable bonds is 6. The third kappa shape index (κ3) is 3.29. The van der Waals surface area contributed by atoms with Crippen LogP contribution in [0.3, 0.4) is 0 Å². The number of methoxy groups -OCH3 is 3. The van der Waals surface area contributed by atoms with E-state index in [2.05, 4.69) is 0 Å². The van der Waals surface area contributed by atoms with Crippen molar-refractivity contribution in [1.82, 2.24) is 0 Å². The minimum Gasteiger partial charge on any atom is -0.493 e. The van der Waals surface area contributed by atoms with Crippen molar-refractivity contribution in [3.63, 3.8) is 0 Å². The highest BCUT2D eigenvalue weighted by Gasteiger charge is 2.55. The van der Waals surface area contributed by atoms with Gasteiger partial charge in [0.05, 0.1) is 46.4 Å². The fraction of sp³-hybridized carbons (Fsp3) is 0.440. The molecule has 1 aliphatic carbocycles. The lowest BCUT2D eigenvalue weighted by atomic mass is 9.63. The molecule has 0 radical (unpaired) electrons. The molecule has 0 amide bonds. The second-order valence-corrected chi connectivity index (χ2v) is 8.32. The number of hydrogen-bond donors (Lipinski definition) is 0. The molecule has 5 rings (SSSR count). The quantitative estimate of drug-likeness (QED) is 0.590. The van der Waals surface area contributed by atoms with E-state index in [9.17, 15) is 9.59 Å². The van der Waals surface area contributed by atoms with Gasteiger partial charge in [0.2, 0.25) is 12.5 Å². The average molecular weight is 470 g/mol. The zero-order chi connectivity index (χ0) is 24.0. The molecule has 2 aromatic rings. The van der Waals surface area contributed by atoms with Crippen molar-refractivity contribution >= 4 is 11.9 Å². The van der Waals surface area contributed by atoms with Gasteiger partial charge >= 0.3 is 11.9 Å². The number of carbonyl (C=O) groups excluding carboxylic acids is 2. The van der Waals surface area contributed by atoms with Crippen molar-refractivity contribution in [2.45, 2.75) is 18.8 Å². The summed E-state index contributed by atoms with van der Waals surface area (Å²) in [6, 6.07) is 7.32. The lowest BCUT2D eigenvalue weighted by Gasteiger charge is -2.38. The van der Waals surface area contributed by atoms with Gasteiger partial charge in [0, 0.05) is 11.8 Å². The van der Waals surface area contributed by atoms with Gasteiger partial charge < -0.3 is 33.2 Å². The smallest absolute Gasteiger partial charge is 0.313 e. The predicted molar refractivity (Wildman–Crippen MR) is 118 cm³/mol. The second kappa shape index (κ2) is 8.62. The number of hydrogen-bond acceptors (Lipinski definition) is 9. The molecule has 0 aromatic heterocycles. The van der Waals surface area contributed by atoms with Gasteiger partial charge in [-0.15, -0.1) is 0 Å². The SMILES string of the molecule is CCOC(=O)[C@@H]1c2cc3c(cc2[C@@H](c2cc(OC)c(OC)c(OC)c2)[C@H]2C(=O)OC[C@@H]21)OCO3. The summed E-state index contributed by atoms with van der Waals surface area (Å²) < 4.78 is 38.7. The summed E-state index contributed by atoms with van der Waals surface area (Å²) in [6.07, 6.45) is 0. The van der Waals surface area contributed by atoms with Crippen LogP contribution in [-0.2, 0) is 19.1 Å². The highest BCUT2D eigenvalue weighted by atomic mass is 16.7. The standard InChI is InChI=1S/C25H26O9/c1-5-31-24(26)21-14-9-17-16(33-11-34-17)8-13(14)20(22-15(21)10-32-25(22)27)12-6-18(28-2)23(30-4)19(7-12)29-3/h6-9,15,20-22H,5,10-11H2,1-4H3/t15-,20-,21-,22+/m1/s1. The number of ether oxygens (including phenoxy) is 7. The molecule has 0 spiro atoms. The molecule has 0 unspecified atom stereocenters. The van der Waals surface area contributed by atoms with Crippen LogP contribution in [0, 0.1) is 11.8 Å². The Labute approximate surface area is 196 Å². The third-order valence-corrected chi connectivity index (χ3v) is 6.77. The summed E-state index contributed by atoms with van der Waals surface area (Å²) in [6.45, 7) is 2.21. The van der Waals surface area contributed by atoms with E-state index in [1.807, 2.05) is 24.3 Å². The van der Waals surface area contributed by atoms with Crippen LogP contribution in [0.5, 0.6) is 28.7 Å². The molecule has 1 saturated heterocycles. The molecule has 1 fully saturated rings. The van der Waals surface area contributed by atoms with Crippen LogP contribution >= 0.6 is 0 Å². The Kier molecular flexibility index (Phi) is 5.63. The van der Waals surface area contributed by atoms with Crippen LogP contribution in [0.1, 0.15) is 35.4 Å². The number of carbonyl (C=O) groups is 2. The fourth-order valence-electron chi connectivity index (χ4n) is 5.38. The topological polar surface area (TPSA) is 98.8 Å². The Morgan fingerprint density at radius 2 is 1.59 bits per heavy atom. The van der Waals surface area contributed by atoms with Crippen molar-refractivity contribution in [2.75, 3.05) is 41.3 Å². The largest absolute Gasteiger partial charge is 0.493 e. The van der Waals surface area contributed by atoms with Crippen molar-refractivity contribution in [2.24, 2.45) is 11.8 Å². The molecule has 3 aliphatic rings. The van der Waals surface area contributed by atoms with Crippen LogP contribution < -0.4 is 23.7 Å². The molecule has 0 N–H and O–H groups in total. The predicted octanol–water partition coefficient (Wildman–Crippen LogP) is 3.02. The van der Waals surface area contributed by atoms with Crippen LogP contribution in [0.25, 0.3) is 0 Å². The Morgan fingerprint density at radius 1 is 0.941 bits per heavy atom. The second-order valence-electron chi connectivity index (χ2n) is 8.32. The molecule has 34 heavy (non-hydrogen) atoms. The van der Waals surface area contributed by atoms with Crippen LogP contribution in [0.4, 0.5) is 0 Å². The summed E-state index contributed by atoms with van der Waals surface area (Å²) >= 11 is 0. The van der Waals surface area contributed by atoms with E-state index in [4.69, 9.17) is 33.2 Å². The van der Waals surface area contributed by atoms with Crippen LogP contribution in [0.2, 0.25) is 0 Å². The Morgan fingerprint density at radius 3 is 2.18 bits per heavy atom. The van der Waals surface area contributed by atoms with E-state index >= 15 is 0 Å². The van der Waals surface area contributed by atoms with Gasteiger partial charge in [-0.25, -0.2) is 0 Å². The fourth-order valence-corrected chi connectivity index (χ4v) is 5.38. The number of fused-ring (bicyclic) bond motifs is 3.